The van der Waals surface area contributed by atoms with Crippen molar-refractivity contribution in [1.82, 2.24) is 10.6 Å². The predicted molar refractivity (Wildman–Crippen MR) is 369 cm³/mol. The van der Waals surface area contributed by atoms with Crippen LogP contribution in [0.4, 0.5) is 0 Å². The quantitative estimate of drug-likeness (QED) is 0.0178. The van der Waals surface area contributed by atoms with Crippen LogP contribution in [-0.2, 0) is 63.9 Å². The molecule has 530 valence electrons. The maximum Gasteiger partial charge on any atom is 0.343 e. The largest absolute Gasteiger partial charge is 0.482 e. The number of hydrogen-bond donors (Lipinski definition) is 8. The van der Waals surface area contributed by atoms with Gasteiger partial charge in [-0.25, -0.2) is 9.59 Å². The van der Waals surface area contributed by atoms with Crippen LogP contribution < -0.4 is 20.1 Å². The van der Waals surface area contributed by atoms with Gasteiger partial charge in [0.15, 0.2) is 13.2 Å². The number of carbonyl (C=O) groups excluding carboxylic acids is 4. The van der Waals surface area contributed by atoms with E-state index in [-0.39, 0.29) is 91.0 Å². The van der Waals surface area contributed by atoms with Gasteiger partial charge in [-0.1, -0.05) is 148 Å². The number of methoxy groups -OCH3 is 1. The number of unbranched alkanes of at least 4 members (excludes halogenated alkanes) is 11. The van der Waals surface area contributed by atoms with Crippen LogP contribution in [0.1, 0.15) is 242 Å². The standard InChI is InChI=1S/C37H57NO7S.C24H36O5.C15H27NO3/c1-2-3-6-13-27(39)17-18-28-31-21-25-12-11-16-33(44-24-35(40)41)32(25)22-26(31)23-34(28)45-37(43)30-15-8-7-14-29(30)36(42)38-19-9-4-5-10-20-46;1-3-4-5-8-18(25)10-11-19-20-12-16-7-6-9-23(29-15-24(27)28-2)21(16)13-17(20)14-22(19)26;1-2-3-4-5-8-11-16-14(17)12-9-6-7-10-13(12)15(18)19/h11-12,16,26-31,34,39,46H,2-10,13-15,17-24H2,1H3,(H,38,42)(H,40,41);6-7,9,17-20,22,25-26H,3-5,8,10-15H2,1-2H3;12-13H,2-11H2,1H3,(H,16,17)(H,18,19)/t26-,27-,28+,29-,30+,31-,34+;17-,18-,19+,20-,22+;12-,13+/m000/s1. The van der Waals surface area contributed by atoms with Gasteiger partial charge in [-0.05, 0) is 198 Å². The average molecular weight is 1330 g/mol. The Labute approximate surface area is 567 Å². The summed E-state index contributed by atoms with van der Waals surface area (Å²) in [5, 5.41) is 56.2. The number of carbonyl (C=O) groups is 6. The van der Waals surface area contributed by atoms with Crippen molar-refractivity contribution in [3.05, 3.63) is 58.7 Å². The number of ether oxygens (including phenoxy) is 4. The van der Waals surface area contributed by atoms with Crippen LogP contribution in [0.25, 0.3) is 0 Å². The second-order valence-corrected chi connectivity index (χ2v) is 28.7. The zero-order valence-corrected chi connectivity index (χ0v) is 58.5. The molecule has 0 unspecified atom stereocenters. The highest BCUT2D eigenvalue weighted by atomic mass is 32.1. The predicted octanol–water partition coefficient (Wildman–Crippen LogP) is 13.2. The van der Waals surface area contributed by atoms with Gasteiger partial charge in [-0.3, -0.25) is 19.2 Å². The van der Waals surface area contributed by atoms with E-state index in [9.17, 15) is 49.2 Å². The van der Waals surface area contributed by atoms with Crippen LogP contribution in [-0.4, -0.2) is 125 Å². The van der Waals surface area contributed by atoms with E-state index >= 15 is 0 Å². The van der Waals surface area contributed by atoms with Crippen LogP contribution in [0.5, 0.6) is 11.5 Å². The maximum absolute atomic E-state index is 13.9. The fourth-order valence-corrected chi connectivity index (χ4v) is 16.6. The molecule has 2 aromatic carbocycles. The zero-order chi connectivity index (χ0) is 67.8. The number of aliphatic hydroxyl groups is 3. The van der Waals surface area contributed by atoms with Gasteiger partial charge < -0.3 is 55.1 Å². The first kappa shape index (κ1) is 78.1. The number of fused-ring (bicyclic) bond motifs is 4. The first-order valence-corrected chi connectivity index (χ1v) is 37.5. The summed E-state index contributed by atoms with van der Waals surface area (Å²) in [5.41, 5.74) is 4.66. The Balaban J connectivity index is 0.000000248. The molecule has 6 aliphatic rings. The molecule has 6 aliphatic carbocycles. The van der Waals surface area contributed by atoms with Crippen molar-refractivity contribution in [3.8, 4) is 11.5 Å². The molecular weight excluding hydrogens is 1210 g/mol. The number of carboxylic acids is 2. The van der Waals surface area contributed by atoms with Gasteiger partial charge in [0.2, 0.25) is 11.8 Å². The van der Waals surface area contributed by atoms with Gasteiger partial charge in [-0.2, -0.15) is 12.6 Å². The number of benzene rings is 2. The molecule has 0 aliphatic heterocycles. The normalized spacial score (nSPS) is 25.6. The van der Waals surface area contributed by atoms with E-state index in [0.717, 1.165) is 184 Å². The van der Waals surface area contributed by atoms with Crippen LogP contribution >= 0.6 is 12.6 Å². The van der Waals surface area contributed by atoms with Crippen LogP contribution in [0, 0.1) is 59.2 Å². The van der Waals surface area contributed by atoms with Gasteiger partial charge in [0.05, 0.1) is 49.1 Å². The molecule has 0 radical (unpaired) electrons. The molecule has 0 saturated heterocycles. The minimum Gasteiger partial charge on any atom is -0.482 e. The minimum atomic E-state index is -1.00. The number of carboxylic acid groups (broad SMARTS) is 2. The zero-order valence-electron chi connectivity index (χ0n) is 57.6. The molecule has 14 atom stereocenters. The molecule has 17 nitrogen and oxygen atoms in total. The topological polar surface area (TPSA) is 265 Å². The molecule has 94 heavy (non-hydrogen) atoms. The van der Waals surface area contributed by atoms with Gasteiger partial charge in [0, 0.05) is 13.1 Å². The molecule has 0 heterocycles. The van der Waals surface area contributed by atoms with Crippen molar-refractivity contribution in [2.45, 2.75) is 270 Å². The lowest BCUT2D eigenvalue weighted by Crippen LogP contribution is -2.42. The monoisotopic (exact) mass is 1330 g/mol. The molecule has 0 spiro atoms. The van der Waals surface area contributed by atoms with E-state index in [4.69, 9.17) is 19.3 Å². The lowest BCUT2D eigenvalue weighted by molar-refractivity contribution is -0.162. The highest BCUT2D eigenvalue weighted by Crippen LogP contribution is 2.51. The van der Waals surface area contributed by atoms with Gasteiger partial charge in [-0.15, -0.1) is 0 Å². The van der Waals surface area contributed by atoms with E-state index in [1.807, 2.05) is 24.3 Å². The SMILES string of the molecule is CCCCCCCNC(=O)[C@H]1CCCC[C@H]1C(=O)O.CCCCC[C@H](O)CC[C@@H]1[C@H]2Cc3cccc(OCC(=O)O)c3C[C@H]2C[C@H]1OC(=O)[C@@H]1CCCC[C@@H]1C(=O)NCCCCCCS.CCCCC[C@H](O)CC[C@@H]1[C@H]2Cc3cccc(OCC(=O)OC)c3C[C@H]2C[C@H]1O. The minimum absolute atomic E-state index is 0.0213. The molecule has 0 bridgehead atoms. The number of aliphatic carboxylic acids is 2. The first-order chi connectivity index (χ1) is 45.5. The van der Waals surface area contributed by atoms with Crippen LogP contribution in [0.3, 0.4) is 0 Å². The summed E-state index contributed by atoms with van der Waals surface area (Å²) in [7, 11) is 1.36. The third-order valence-electron chi connectivity index (χ3n) is 21.6. The second kappa shape index (κ2) is 42.7. The average Bonchev–Trinajstić information content (AvgIpc) is 1.60. The van der Waals surface area contributed by atoms with Crippen LogP contribution in [0.15, 0.2) is 36.4 Å². The van der Waals surface area contributed by atoms with E-state index < -0.39 is 23.8 Å². The lowest BCUT2D eigenvalue weighted by atomic mass is 9.73. The van der Waals surface area contributed by atoms with Crippen molar-refractivity contribution < 1.29 is 73.2 Å². The third kappa shape index (κ3) is 24.9. The molecule has 18 heteroatoms. The molecule has 2 aromatic rings. The maximum atomic E-state index is 13.9. The Hall–Kier alpha value is -4.91. The number of amides is 2. The number of nitrogens with one attached hydrogen (secondary N) is 2. The molecule has 4 fully saturated rings. The summed E-state index contributed by atoms with van der Waals surface area (Å²) < 4.78 is 22.5. The molecule has 4 saturated carbocycles. The Morgan fingerprint density at radius 3 is 1.54 bits per heavy atom. The third-order valence-corrected chi connectivity index (χ3v) is 21.9. The number of hydrogen-bond acceptors (Lipinski definition) is 14. The first-order valence-electron chi connectivity index (χ1n) is 36.9. The van der Waals surface area contributed by atoms with Crippen molar-refractivity contribution in [2.24, 2.45) is 59.2 Å². The molecule has 8 rings (SSSR count). The number of thiol groups is 1. The lowest BCUT2D eigenvalue weighted by Gasteiger charge is -2.33. The number of aliphatic hydroxyl groups excluding tert-OH is 3. The highest BCUT2D eigenvalue weighted by Gasteiger charge is 2.49. The van der Waals surface area contributed by atoms with Crippen molar-refractivity contribution in [2.75, 3.05) is 39.2 Å². The van der Waals surface area contributed by atoms with Gasteiger partial charge >= 0.3 is 23.9 Å². The van der Waals surface area contributed by atoms with Crippen molar-refractivity contribution in [3.63, 3.8) is 0 Å². The second-order valence-electron chi connectivity index (χ2n) is 28.3. The van der Waals surface area contributed by atoms with Gasteiger partial charge in [0.1, 0.15) is 17.6 Å². The van der Waals surface area contributed by atoms with Crippen molar-refractivity contribution >= 4 is 48.3 Å². The Morgan fingerprint density at radius 1 is 0.553 bits per heavy atom. The fraction of sp³-hybridized carbons (Fsp3) is 0.763. The van der Waals surface area contributed by atoms with E-state index in [1.54, 1.807) is 0 Å². The summed E-state index contributed by atoms with van der Waals surface area (Å²) in [5.74, 6) is 0.0281. The summed E-state index contributed by atoms with van der Waals surface area (Å²) in [6, 6.07) is 11.9. The smallest absolute Gasteiger partial charge is 0.343 e. The summed E-state index contributed by atoms with van der Waals surface area (Å²) in [4.78, 5) is 72.9. The van der Waals surface area contributed by atoms with E-state index in [1.165, 1.54) is 55.9 Å². The molecule has 7 N–H and O–H groups in total. The molecule has 0 aromatic heterocycles. The molecular formula is C76H120N2O15S. The van der Waals surface area contributed by atoms with Crippen LogP contribution in [0.2, 0.25) is 0 Å². The Kier molecular flexibility index (Phi) is 35.5. The Morgan fingerprint density at radius 2 is 1.02 bits per heavy atom. The number of rotatable bonds is 37. The summed E-state index contributed by atoms with van der Waals surface area (Å²) in [6.45, 7) is 7.38. The summed E-state index contributed by atoms with van der Waals surface area (Å²) >= 11 is 4.27. The summed E-state index contributed by atoms with van der Waals surface area (Å²) in [6.07, 6.45) is 31.8. The molecule has 2 amide bonds. The Bertz CT molecular complexity index is 2600. The van der Waals surface area contributed by atoms with Crippen molar-refractivity contribution in [1.29, 1.82) is 0 Å². The highest BCUT2D eigenvalue weighted by molar-refractivity contribution is 7.80. The fourth-order valence-electron chi connectivity index (χ4n) is 16.3. The van der Waals surface area contributed by atoms with Gasteiger partial charge in [0.25, 0.3) is 0 Å². The van der Waals surface area contributed by atoms with E-state index in [2.05, 4.69) is 60.9 Å². The number of esters is 2. The van der Waals surface area contributed by atoms with E-state index in [0.29, 0.717) is 62.3 Å².